The number of methoxy groups -OCH3 is 1. The van der Waals surface area contributed by atoms with E-state index in [1.54, 1.807) is 7.11 Å². The van der Waals surface area contributed by atoms with Crippen LogP contribution < -0.4 is 5.32 Å². The Bertz CT molecular complexity index is 889. The number of benzene rings is 2. The molecule has 0 bridgehead atoms. The van der Waals surface area contributed by atoms with Crippen LogP contribution in [0.1, 0.15) is 47.6 Å². The number of hydrogen-bond donors (Lipinski definition) is 3. The Morgan fingerprint density at radius 1 is 1.13 bits per heavy atom. The smallest absolute Gasteiger partial charge is 0.224 e. The van der Waals surface area contributed by atoms with Crippen molar-refractivity contribution in [2.75, 3.05) is 32.1 Å². The lowest BCUT2D eigenvalue weighted by Crippen LogP contribution is -2.44. The van der Waals surface area contributed by atoms with Crippen LogP contribution in [0.15, 0.2) is 42.5 Å². The van der Waals surface area contributed by atoms with Crippen molar-refractivity contribution in [2.45, 2.75) is 44.0 Å². The molecule has 4 rings (SSSR count). The highest BCUT2D eigenvalue weighted by Crippen LogP contribution is 2.34. The van der Waals surface area contributed by atoms with E-state index in [0.717, 1.165) is 41.0 Å². The Kier molecular flexibility index (Phi) is 6.20. The maximum absolute atomic E-state index is 11.5. The zero-order valence-corrected chi connectivity index (χ0v) is 17.4. The molecule has 1 amide bonds. The van der Waals surface area contributed by atoms with Gasteiger partial charge in [-0.1, -0.05) is 36.4 Å². The molecule has 0 aliphatic carbocycles. The number of fused-ring (bicyclic) bond motifs is 1. The average molecular weight is 411 g/mol. The second kappa shape index (κ2) is 8.86. The van der Waals surface area contributed by atoms with Gasteiger partial charge in [-0.05, 0) is 47.6 Å². The van der Waals surface area contributed by atoms with Gasteiger partial charge in [0, 0.05) is 38.9 Å². The molecule has 2 aromatic carbocycles. The average Bonchev–Trinajstić information content (AvgIpc) is 2.76. The molecule has 30 heavy (non-hydrogen) atoms. The van der Waals surface area contributed by atoms with Gasteiger partial charge in [0.25, 0.3) is 0 Å². The van der Waals surface area contributed by atoms with E-state index < -0.39 is 11.7 Å². The van der Waals surface area contributed by atoms with Crippen molar-refractivity contribution in [3.8, 4) is 0 Å². The summed E-state index contributed by atoms with van der Waals surface area (Å²) < 4.78 is 5.15. The Labute approximate surface area is 177 Å². The van der Waals surface area contributed by atoms with Crippen LogP contribution in [0.3, 0.4) is 0 Å². The van der Waals surface area contributed by atoms with Crippen LogP contribution in [-0.2, 0) is 28.2 Å². The van der Waals surface area contributed by atoms with E-state index in [2.05, 4.69) is 10.2 Å². The van der Waals surface area contributed by atoms with Crippen LogP contribution in [0.4, 0.5) is 5.69 Å². The minimum absolute atomic E-state index is 0.0462. The fraction of sp³-hybridized carbons (Fsp3) is 0.458. The Hall–Kier alpha value is -2.25. The summed E-state index contributed by atoms with van der Waals surface area (Å²) in [6.45, 7) is 2.57. The van der Waals surface area contributed by atoms with Gasteiger partial charge in [0.2, 0.25) is 5.91 Å². The summed E-state index contributed by atoms with van der Waals surface area (Å²) in [5.41, 5.74) is 4.02. The van der Waals surface area contributed by atoms with Gasteiger partial charge in [0.15, 0.2) is 0 Å². The van der Waals surface area contributed by atoms with E-state index in [1.807, 2.05) is 42.5 Å². The first-order chi connectivity index (χ1) is 14.5. The van der Waals surface area contributed by atoms with Crippen molar-refractivity contribution >= 4 is 11.6 Å². The molecule has 1 fully saturated rings. The number of β-amino-alcohol motifs (C(OH)–C–C–N with tert-alkyl or cyclic N) is 1. The zero-order chi connectivity index (χ0) is 21.1. The molecule has 0 radical (unpaired) electrons. The first-order valence-electron chi connectivity index (χ1n) is 10.6. The summed E-state index contributed by atoms with van der Waals surface area (Å²) in [6, 6.07) is 13.8. The number of ether oxygens (including phenoxy) is 1. The number of carbonyl (C=O) groups is 1. The number of amides is 1. The van der Waals surface area contributed by atoms with Crippen molar-refractivity contribution in [3.63, 3.8) is 0 Å². The molecular weight excluding hydrogens is 380 g/mol. The third kappa shape index (κ3) is 4.57. The number of rotatable bonds is 6. The fourth-order valence-corrected chi connectivity index (χ4v) is 4.43. The monoisotopic (exact) mass is 410 g/mol. The van der Waals surface area contributed by atoms with Crippen molar-refractivity contribution in [1.29, 1.82) is 0 Å². The van der Waals surface area contributed by atoms with Crippen molar-refractivity contribution in [1.82, 2.24) is 4.90 Å². The van der Waals surface area contributed by atoms with E-state index in [1.165, 1.54) is 0 Å². The molecule has 6 heteroatoms. The zero-order valence-electron chi connectivity index (χ0n) is 17.4. The molecule has 1 unspecified atom stereocenters. The largest absolute Gasteiger partial charge is 0.387 e. The van der Waals surface area contributed by atoms with Gasteiger partial charge in [0.05, 0.1) is 18.3 Å². The van der Waals surface area contributed by atoms with Crippen LogP contribution in [0, 0.1) is 0 Å². The Morgan fingerprint density at radius 3 is 2.57 bits per heavy atom. The molecule has 2 aromatic rings. The number of nitrogens with one attached hydrogen (secondary N) is 1. The van der Waals surface area contributed by atoms with Crippen molar-refractivity contribution in [3.05, 3.63) is 64.7 Å². The summed E-state index contributed by atoms with van der Waals surface area (Å²) >= 11 is 0. The summed E-state index contributed by atoms with van der Waals surface area (Å²) in [6.07, 6.45) is 1.89. The van der Waals surface area contributed by atoms with Gasteiger partial charge < -0.3 is 25.2 Å². The molecule has 2 heterocycles. The molecule has 0 aromatic heterocycles. The number of hydrogen-bond acceptors (Lipinski definition) is 5. The summed E-state index contributed by atoms with van der Waals surface area (Å²) in [7, 11) is 1.67. The topological polar surface area (TPSA) is 82.0 Å². The van der Waals surface area contributed by atoms with E-state index in [0.29, 0.717) is 38.8 Å². The fourth-order valence-electron chi connectivity index (χ4n) is 4.43. The molecule has 1 atom stereocenters. The number of aliphatic hydroxyl groups is 2. The van der Waals surface area contributed by atoms with Gasteiger partial charge in [0.1, 0.15) is 0 Å². The van der Waals surface area contributed by atoms with E-state index >= 15 is 0 Å². The van der Waals surface area contributed by atoms with Gasteiger partial charge in [-0.2, -0.15) is 0 Å². The second-order valence-corrected chi connectivity index (χ2v) is 8.44. The number of anilines is 1. The third-order valence-corrected chi connectivity index (χ3v) is 6.33. The van der Waals surface area contributed by atoms with Gasteiger partial charge in [-0.25, -0.2) is 0 Å². The van der Waals surface area contributed by atoms with E-state index in [9.17, 15) is 15.0 Å². The highest BCUT2D eigenvalue weighted by atomic mass is 16.5. The summed E-state index contributed by atoms with van der Waals surface area (Å²) in [5, 5.41) is 24.8. The first-order valence-corrected chi connectivity index (χ1v) is 10.6. The minimum atomic E-state index is -0.822. The first kappa shape index (κ1) is 21.0. The maximum Gasteiger partial charge on any atom is 0.224 e. The predicted octanol–water partition coefficient (Wildman–Crippen LogP) is 2.73. The minimum Gasteiger partial charge on any atom is -0.387 e. The summed E-state index contributed by atoms with van der Waals surface area (Å²) in [5.74, 6) is 0.0462. The molecule has 6 nitrogen and oxygen atoms in total. The highest BCUT2D eigenvalue weighted by Gasteiger charge is 2.34. The molecular formula is C24H30N2O4. The molecule has 0 saturated carbocycles. The Morgan fingerprint density at radius 2 is 1.87 bits per heavy atom. The SMILES string of the molecule is COCc1ccc(C2(O)CCN(CC(O)c3ccc4c(c3)CCC(=O)N4)CC2)cc1. The van der Waals surface area contributed by atoms with Crippen molar-refractivity contribution in [2.24, 2.45) is 0 Å². The van der Waals surface area contributed by atoms with Crippen LogP contribution in [0.25, 0.3) is 0 Å². The van der Waals surface area contributed by atoms with Crippen molar-refractivity contribution < 1.29 is 19.7 Å². The number of carbonyl (C=O) groups excluding carboxylic acids is 1. The number of nitrogens with zero attached hydrogens (tertiary/aromatic N) is 1. The number of likely N-dealkylation sites (tertiary alicyclic amines) is 1. The van der Waals surface area contributed by atoms with E-state index in [4.69, 9.17) is 4.74 Å². The lowest BCUT2D eigenvalue weighted by atomic mass is 9.84. The lowest BCUT2D eigenvalue weighted by Gasteiger charge is -2.39. The van der Waals surface area contributed by atoms with E-state index in [-0.39, 0.29) is 5.91 Å². The third-order valence-electron chi connectivity index (χ3n) is 6.33. The Balaban J connectivity index is 1.34. The van der Waals surface area contributed by atoms with Gasteiger partial charge >= 0.3 is 0 Å². The predicted molar refractivity (Wildman–Crippen MR) is 115 cm³/mol. The molecule has 2 aliphatic heterocycles. The van der Waals surface area contributed by atoms with Gasteiger partial charge in [-0.3, -0.25) is 4.79 Å². The second-order valence-electron chi connectivity index (χ2n) is 8.44. The quantitative estimate of drug-likeness (QED) is 0.682. The van der Waals surface area contributed by atoms with Crippen LogP contribution in [-0.4, -0.2) is 47.8 Å². The molecule has 160 valence electrons. The number of aliphatic hydroxyl groups excluding tert-OH is 1. The van der Waals surface area contributed by atoms with Gasteiger partial charge in [-0.15, -0.1) is 0 Å². The van der Waals surface area contributed by atoms with Crippen LogP contribution in [0.2, 0.25) is 0 Å². The number of piperidine rings is 1. The van der Waals surface area contributed by atoms with Crippen LogP contribution >= 0.6 is 0 Å². The summed E-state index contributed by atoms with van der Waals surface area (Å²) in [4.78, 5) is 13.7. The highest BCUT2D eigenvalue weighted by molar-refractivity contribution is 5.93. The molecule has 3 N–H and O–H groups in total. The molecule has 0 spiro atoms. The van der Waals surface area contributed by atoms with Crippen LogP contribution in [0.5, 0.6) is 0 Å². The molecule has 2 aliphatic rings. The normalized spacial score (nSPS) is 19.8. The standard InChI is InChI=1S/C24H30N2O4/c1-30-16-17-2-6-20(7-3-17)24(29)10-12-26(13-11-24)15-22(27)19-4-8-21-18(14-19)5-9-23(28)25-21/h2-4,6-8,14,22,27,29H,5,9-13,15-16H2,1H3,(H,25,28). The maximum atomic E-state index is 11.5. The number of aryl methyl sites for hydroxylation is 1. The molecule has 1 saturated heterocycles. The lowest BCUT2D eigenvalue weighted by molar-refractivity contribution is -0.116.